The molecular weight excluding hydrogens is 256 g/mol. The first-order valence-corrected chi connectivity index (χ1v) is 6.72. The van der Waals surface area contributed by atoms with Crippen molar-refractivity contribution >= 4 is 11.8 Å². The fourth-order valence-electron chi connectivity index (χ4n) is 1.57. The van der Waals surface area contributed by atoms with Crippen molar-refractivity contribution in [2.75, 3.05) is 20.2 Å². The van der Waals surface area contributed by atoms with Gasteiger partial charge >= 0.3 is 0 Å². The van der Waals surface area contributed by atoms with E-state index in [1.54, 1.807) is 31.4 Å². The van der Waals surface area contributed by atoms with Crippen molar-refractivity contribution in [1.82, 2.24) is 10.6 Å². The predicted octanol–water partition coefficient (Wildman–Crippen LogP) is 1.59. The minimum atomic E-state index is -0.272. The Labute approximate surface area is 119 Å². The maximum Gasteiger partial charge on any atom is 0.251 e. The van der Waals surface area contributed by atoms with E-state index in [9.17, 15) is 9.59 Å². The lowest BCUT2D eigenvalue weighted by Gasteiger charge is -2.08. The van der Waals surface area contributed by atoms with Crippen LogP contribution in [0.25, 0.3) is 0 Å². The molecule has 0 aliphatic heterocycles. The number of ether oxygens (including phenoxy) is 1. The first-order chi connectivity index (χ1) is 9.52. The highest BCUT2D eigenvalue weighted by Crippen LogP contribution is 2.10. The van der Waals surface area contributed by atoms with Crippen LogP contribution in [0.3, 0.4) is 0 Å². The molecule has 0 fully saturated rings. The van der Waals surface area contributed by atoms with Crippen LogP contribution >= 0.6 is 0 Å². The molecule has 0 heterocycles. The SMILES string of the molecule is COc1ccc(C(=O)NCC(=O)NCCC(C)C)cc1. The summed E-state index contributed by atoms with van der Waals surface area (Å²) >= 11 is 0. The third-order valence-electron chi connectivity index (χ3n) is 2.81. The monoisotopic (exact) mass is 278 g/mol. The first-order valence-electron chi connectivity index (χ1n) is 6.72. The summed E-state index contributed by atoms with van der Waals surface area (Å²) in [5.74, 6) is 0.788. The largest absolute Gasteiger partial charge is 0.497 e. The van der Waals surface area contributed by atoms with E-state index in [-0.39, 0.29) is 18.4 Å². The molecule has 5 heteroatoms. The maximum atomic E-state index is 11.8. The van der Waals surface area contributed by atoms with Crippen LogP contribution in [0.4, 0.5) is 0 Å². The molecule has 5 nitrogen and oxygen atoms in total. The molecule has 0 aliphatic rings. The standard InChI is InChI=1S/C15H22N2O3/c1-11(2)8-9-16-14(18)10-17-15(19)12-4-6-13(20-3)7-5-12/h4-7,11H,8-10H2,1-3H3,(H,16,18)(H,17,19). The number of benzene rings is 1. The number of nitrogens with one attached hydrogen (secondary N) is 2. The highest BCUT2D eigenvalue weighted by molar-refractivity contribution is 5.96. The highest BCUT2D eigenvalue weighted by Gasteiger charge is 2.08. The van der Waals surface area contributed by atoms with Crippen molar-refractivity contribution in [3.63, 3.8) is 0 Å². The van der Waals surface area contributed by atoms with Crippen LogP contribution in [0.5, 0.6) is 5.75 Å². The number of carbonyl (C=O) groups excluding carboxylic acids is 2. The average Bonchev–Trinajstić information content (AvgIpc) is 2.44. The van der Waals surface area contributed by atoms with Gasteiger partial charge in [0.2, 0.25) is 5.91 Å². The minimum Gasteiger partial charge on any atom is -0.497 e. The molecule has 0 unspecified atom stereocenters. The van der Waals surface area contributed by atoms with Gasteiger partial charge in [-0.2, -0.15) is 0 Å². The summed E-state index contributed by atoms with van der Waals surface area (Å²) in [6, 6.07) is 6.73. The van der Waals surface area contributed by atoms with E-state index in [0.29, 0.717) is 23.8 Å². The summed E-state index contributed by atoms with van der Waals surface area (Å²) in [5, 5.41) is 5.35. The highest BCUT2D eigenvalue weighted by atomic mass is 16.5. The number of rotatable bonds is 7. The molecule has 0 atom stereocenters. The Morgan fingerprint density at radius 3 is 2.35 bits per heavy atom. The maximum absolute atomic E-state index is 11.8. The zero-order chi connectivity index (χ0) is 15.0. The van der Waals surface area contributed by atoms with Gasteiger partial charge in [-0.15, -0.1) is 0 Å². The van der Waals surface area contributed by atoms with Crippen LogP contribution in [0.15, 0.2) is 24.3 Å². The van der Waals surface area contributed by atoms with Crippen LogP contribution in [-0.4, -0.2) is 32.0 Å². The second-order valence-electron chi connectivity index (χ2n) is 4.94. The van der Waals surface area contributed by atoms with Gasteiger partial charge in [-0.1, -0.05) is 13.8 Å². The second kappa shape index (κ2) is 8.19. The number of methoxy groups -OCH3 is 1. The molecule has 110 valence electrons. The smallest absolute Gasteiger partial charge is 0.251 e. The molecule has 1 aromatic carbocycles. The van der Waals surface area contributed by atoms with Gasteiger partial charge in [0, 0.05) is 12.1 Å². The molecule has 1 aromatic rings. The van der Waals surface area contributed by atoms with Gasteiger partial charge in [0.25, 0.3) is 5.91 Å². The molecule has 20 heavy (non-hydrogen) atoms. The molecule has 0 spiro atoms. The van der Waals surface area contributed by atoms with Gasteiger partial charge < -0.3 is 15.4 Å². The summed E-state index contributed by atoms with van der Waals surface area (Å²) in [4.78, 5) is 23.3. The van der Waals surface area contributed by atoms with E-state index in [1.807, 2.05) is 0 Å². The summed E-state index contributed by atoms with van der Waals surface area (Å²) < 4.78 is 5.01. The molecular formula is C15H22N2O3. The van der Waals surface area contributed by atoms with E-state index in [2.05, 4.69) is 24.5 Å². The first kappa shape index (κ1) is 16.0. The van der Waals surface area contributed by atoms with E-state index in [0.717, 1.165) is 6.42 Å². The molecule has 2 N–H and O–H groups in total. The zero-order valence-corrected chi connectivity index (χ0v) is 12.2. The van der Waals surface area contributed by atoms with Gasteiger partial charge in [-0.05, 0) is 36.6 Å². The van der Waals surface area contributed by atoms with Crippen molar-refractivity contribution < 1.29 is 14.3 Å². The second-order valence-corrected chi connectivity index (χ2v) is 4.94. The van der Waals surface area contributed by atoms with Gasteiger partial charge in [0.1, 0.15) is 5.75 Å². The van der Waals surface area contributed by atoms with E-state index in [1.165, 1.54) is 0 Å². The summed E-state index contributed by atoms with van der Waals surface area (Å²) in [7, 11) is 1.57. The predicted molar refractivity (Wildman–Crippen MR) is 77.8 cm³/mol. The number of hydrogen-bond acceptors (Lipinski definition) is 3. The third kappa shape index (κ3) is 5.73. The van der Waals surface area contributed by atoms with Crippen molar-refractivity contribution in [1.29, 1.82) is 0 Å². The Hall–Kier alpha value is -2.04. The molecule has 0 saturated heterocycles. The Morgan fingerprint density at radius 2 is 1.80 bits per heavy atom. The molecule has 0 saturated carbocycles. The minimum absolute atomic E-state index is 0.0110. The molecule has 0 radical (unpaired) electrons. The fraction of sp³-hybridized carbons (Fsp3) is 0.467. The number of carbonyl (C=O) groups is 2. The molecule has 0 aromatic heterocycles. The van der Waals surface area contributed by atoms with Crippen molar-refractivity contribution in [2.24, 2.45) is 5.92 Å². The topological polar surface area (TPSA) is 67.4 Å². The summed E-state index contributed by atoms with van der Waals surface area (Å²) in [5.41, 5.74) is 0.501. The lowest BCUT2D eigenvalue weighted by atomic mass is 10.1. The van der Waals surface area contributed by atoms with Gasteiger partial charge in [0.15, 0.2) is 0 Å². The summed E-state index contributed by atoms with van der Waals surface area (Å²) in [6.07, 6.45) is 0.929. The molecule has 0 aliphatic carbocycles. The van der Waals surface area contributed by atoms with Crippen molar-refractivity contribution in [3.05, 3.63) is 29.8 Å². The number of amides is 2. The van der Waals surface area contributed by atoms with E-state index < -0.39 is 0 Å². The zero-order valence-electron chi connectivity index (χ0n) is 12.2. The van der Waals surface area contributed by atoms with Gasteiger partial charge in [-0.3, -0.25) is 9.59 Å². The van der Waals surface area contributed by atoms with Crippen molar-refractivity contribution in [2.45, 2.75) is 20.3 Å². The molecule has 2 amide bonds. The van der Waals surface area contributed by atoms with Crippen LogP contribution in [0, 0.1) is 5.92 Å². The molecule has 0 bridgehead atoms. The Kier molecular flexibility index (Phi) is 6.56. The van der Waals surface area contributed by atoms with Gasteiger partial charge in [0.05, 0.1) is 13.7 Å². The average molecular weight is 278 g/mol. The number of hydrogen-bond donors (Lipinski definition) is 2. The van der Waals surface area contributed by atoms with Crippen molar-refractivity contribution in [3.8, 4) is 5.75 Å². The van der Waals surface area contributed by atoms with Crippen LogP contribution in [0.1, 0.15) is 30.6 Å². The van der Waals surface area contributed by atoms with E-state index in [4.69, 9.17) is 4.74 Å². The quantitative estimate of drug-likeness (QED) is 0.796. The Morgan fingerprint density at radius 1 is 1.15 bits per heavy atom. The Bertz CT molecular complexity index is 441. The molecule has 1 rings (SSSR count). The lowest BCUT2D eigenvalue weighted by Crippen LogP contribution is -2.37. The van der Waals surface area contributed by atoms with Gasteiger partial charge in [-0.25, -0.2) is 0 Å². The van der Waals surface area contributed by atoms with Crippen LogP contribution in [0.2, 0.25) is 0 Å². The third-order valence-corrected chi connectivity index (χ3v) is 2.81. The lowest BCUT2D eigenvalue weighted by molar-refractivity contribution is -0.120. The fourth-order valence-corrected chi connectivity index (χ4v) is 1.57. The normalized spacial score (nSPS) is 10.2. The van der Waals surface area contributed by atoms with E-state index >= 15 is 0 Å². The van der Waals surface area contributed by atoms with Crippen LogP contribution < -0.4 is 15.4 Å². The van der Waals surface area contributed by atoms with Crippen LogP contribution in [-0.2, 0) is 4.79 Å². The Balaban J connectivity index is 2.33. The summed E-state index contributed by atoms with van der Waals surface area (Å²) in [6.45, 7) is 4.81.